The van der Waals surface area contributed by atoms with Crippen molar-refractivity contribution in [2.45, 2.75) is 6.92 Å². The minimum Gasteiger partial charge on any atom is -0.344 e. The fourth-order valence-electron chi connectivity index (χ4n) is 1.54. The van der Waals surface area contributed by atoms with Crippen LogP contribution >= 0.6 is 11.3 Å². The van der Waals surface area contributed by atoms with E-state index in [0.29, 0.717) is 5.56 Å². The number of fused-ring (bicyclic) bond motifs is 1. The minimum atomic E-state index is 0.0352. The predicted molar refractivity (Wildman–Crippen MR) is 60.7 cm³/mol. The fourth-order valence-corrected chi connectivity index (χ4v) is 2.63. The number of aromatic amines is 1. The van der Waals surface area contributed by atoms with Gasteiger partial charge in [-0.25, -0.2) is 9.50 Å². The first kappa shape index (κ1) is 9.29. The molecular weight excluding hydrogens is 224 g/mol. The van der Waals surface area contributed by atoms with Gasteiger partial charge in [0.05, 0.1) is 34.9 Å². The Balaban J connectivity index is 2.20. The Morgan fingerprint density at radius 2 is 2.38 bits per heavy atom. The zero-order chi connectivity index (χ0) is 11.1. The van der Waals surface area contributed by atoms with Gasteiger partial charge in [0.25, 0.3) is 0 Å². The number of H-pyrrole nitrogens is 1. The number of hydrogen-bond donors (Lipinski definition) is 1. The van der Waals surface area contributed by atoms with Crippen molar-refractivity contribution < 1.29 is 4.79 Å². The Morgan fingerprint density at radius 1 is 1.50 bits per heavy atom. The molecule has 0 aliphatic heterocycles. The lowest BCUT2D eigenvalue weighted by molar-refractivity contribution is 0.101. The molecular formula is C10H8N4OS. The molecule has 80 valence electrons. The normalized spacial score (nSPS) is 11.1. The second-order valence-electron chi connectivity index (χ2n) is 3.42. The third-order valence-corrected chi connectivity index (χ3v) is 3.48. The summed E-state index contributed by atoms with van der Waals surface area (Å²) in [6, 6.07) is 0. The molecule has 3 rings (SSSR count). The lowest BCUT2D eigenvalue weighted by Gasteiger charge is -1.87. The van der Waals surface area contributed by atoms with Crippen molar-refractivity contribution in [1.82, 2.24) is 19.6 Å². The van der Waals surface area contributed by atoms with Gasteiger partial charge in [-0.1, -0.05) is 0 Å². The first-order valence-corrected chi connectivity index (χ1v) is 5.54. The maximum absolute atomic E-state index is 11.3. The van der Waals surface area contributed by atoms with E-state index in [1.165, 1.54) is 11.3 Å². The summed E-state index contributed by atoms with van der Waals surface area (Å²) in [6.07, 6.45) is 6.87. The van der Waals surface area contributed by atoms with Crippen molar-refractivity contribution in [2.75, 3.05) is 0 Å². The Hall–Kier alpha value is -1.95. The summed E-state index contributed by atoms with van der Waals surface area (Å²) in [5.74, 6) is 0.0352. The van der Waals surface area contributed by atoms with E-state index in [1.807, 2.05) is 6.20 Å². The molecule has 3 aromatic heterocycles. The molecule has 0 aliphatic rings. The lowest BCUT2D eigenvalue weighted by atomic mass is 10.3. The maximum atomic E-state index is 11.3. The van der Waals surface area contributed by atoms with Crippen LogP contribution in [-0.2, 0) is 0 Å². The number of aromatic nitrogens is 4. The molecule has 0 saturated heterocycles. The van der Waals surface area contributed by atoms with Gasteiger partial charge in [0.2, 0.25) is 0 Å². The molecule has 0 fully saturated rings. The van der Waals surface area contributed by atoms with Crippen molar-refractivity contribution in [2.24, 2.45) is 0 Å². The monoisotopic (exact) mass is 232 g/mol. The highest BCUT2D eigenvalue weighted by molar-refractivity contribution is 7.21. The number of imidazole rings is 1. The minimum absolute atomic E-state index is 0.0352. The van der Waals surface area contributed by atoms with Gasteiger partial charge in [0, 0.05) is 6.20 Å². The molecule has 0 saturated carbocycles. The average Bonchev–Trinajstić information content (AvgIpc) is 2.92. The number of nitrogens with one attached hydrogen (secondary N) is 1. The van der Waals surface area contributed by atoms with Gasteiger partial charge < -0.3 is 4.98 Å². The van der Waals surface area contributed by atoms with Crippen LogP contribution < -0.4 is 0 Å². The number of nitrogens with zero attached hydrogens (tertiary/aromatic N) is 3. The summed E-state index contributed by atoms with van der Waals surface area (Å²) in [7, 11) is 0. The van der Waals surface area contributed by atoms with Crippen LogP contribution in [0.4, 0.5) is 0 Å². The third kappa shape index (κ3) is 1.27. The van der Waals surface area contributed by atoms with Crippen LogP contribution in [0.3, 0.4) is 0 Å². The first-order valence-electron chi connectivity index (χ1n) is 4.72. The standard InChI is InChI=1S/C10H8N4OS/c1-6(15)7-2-13-14-4-9(16-10(7)14)8-3-11-5-12-8/h2-5H,1H3,(H,11,12). The molecule has 0 aliphatic carbocycles. The van der Waals surface area contributed by atoms with Gasteiger partial charge in [-0.3, -0.25) is 4.79 Å². The topological polar surface area (TPSA) is 63.1 Å². The Kier molecular flexibility index (Phi) is 1.90. The molecule has 6 heteroatoms. The Labute approximate surface area is 94.8 Å². The highest BCUT2D eigenvalue weighted by atomic mass is 32.1. The van der Waals surface area contributed by atoms with Crippen molar-refractivity contribution in [3.8, 4) is 10.6 Å². The van der Waals surface area contributed by atoms with Crippen molar-refractivity contribution in [1.29, 1.82) is 0 Å². The second kappa shape index (κ2) is 3.28. The smallest absolute Gasteiger partial charge is 0.164 e. The summed E-state index contributed by atoms with van der Waals surface area (Å²) in [5.41, 5.74) is 1.60. The number of ketones is 1. The molecule has 16 heavy (non-hydrogen) atoms. The molecule has 3 aromatic rings. The van der Waals surface area contributed by atoms with E-state index in [-0.39, 0.29) is 5.78 Å². The van der Waals surface area contributed by atoms with E-state index in [9.17, 15) is 4.79 Å². The average molecular weight is 232 g/mol. The SMILES string of the molecule is CC(=O)c1cnn2cc(-c3cnc[nH]3)sc12. The van der Waals surface area contributed by atoms with Crippen LogP contribution in [0, 0.1) is 0 Å². The molecule has 1 N–H and O–H groups in total. The van der Waals surface area contributed by atoms with Gasteiger partial charge in [0.15, 0.2) is 5.78 Å². The van der Waals surface area contributed by atoms with Crippen molar-refractivity contribution in [3.63, 3.8) is 0 Å². The van der Waals surface area contributed by atoms with Crippen LogP contribution in [0.15, 0.2) is 24.9 Å². The van der Waals surface area contributed by atoms with E-state index in [0.717, 1.165) is 15.4 Å². The largest absolute Gasteiger partial charge is 0.344 e. The zero-order valence-corrected chi connectivity index (χ0v) is 9.28. The fraction of sp³-hybridized carbons (Fsp3) is 0.100. The summed E-state index contributed by atoms with van der Waals surface area (Å²) in [6.45, 7) is 1.55. The van der Waals surface area contributed by atoms with Crippen LogP contribution in [0.1, 0.15) is 17.3 Å². The second-order valence-corrected chi connectivity index (χ2v) is 4.46. The van der Waals surface area contributed by atoms with Gasteiger partial charge in [-0.15, -0.1) is 11.3 Å². The van der Waals surface area contributed by atoms with Crippen molar-refractivity contribution >= 4 is 22.0 Å². The summed E-state index contributed by atoms with van der Waals surface area (Å²) < 4.78 is 1.72. The van der Waals surface area contributed by atoms with E-state index in [4.69, 9.17) is 0 Å². The summed E-state index contributed by atoms with van der Waals surface area (Å²) in [4.78, 5) is 20.2. The number of carbonyl (C=O) groups excluding carboxylic acids is 1. The molecule has 0 radical (unpaired) electrons. The third-order valence-electron chi connectivity index (χ3n) is 2.34. The van der Waals surface area contributed by atoms with E-state index in [2.05, 4.69) is 15.1 Å². The molecule has 0 bridgehead atoms. The molecule has 0 atom stereocenters. The predicted octanol–water partition coefficient (Wildman–Crippen LogP) is 1.99. The molecule has 3 heterocycles. The molecule has 5 nitrogen and oxygen atoms in total. The van der Waals surface area contributed by atoms with E-state index < -0.39 is 0 Å². The van der Waals surface area contributed by atoms with Crippen molar-refractivity contribution in [3.05, 3.63) is 30.5 Å². The number of Topliss-reactive ketones (excluding diaryl/α,β-unsaturated/α-hetero) is 1. The van der Waals surface area contributed by atoms with Gasteiger partial charge >= 0.3 is 0 Å². The van der Waals surface area contributed by atoms with E-state index in [1.54, 1.807) is 30.2 Å². The van der Waals surface area contributed by atoms with E-state index >= 15 is 0 Å². The molecule has 0 unspecified atom stereocenters. The molecule has 0 amide bonds. The van der Waals surface area contributed by atoms with Crippen LogP contribution in [0.5, 0.6) is 0 Å². The number of hydrogen-bond acceptors (Lipinski definition) is 4. The highest BCUT2D eigenvalue weighted by Gasteiger charge is 2.13. The number of carbonyl (C=O) groups is 1. The zero-order valence-electron chi connectivity index (χ0n) is 8.47. The quantitative estimate of drug-likeness (QED) is 0.687. The molecule has 0 aromatic carbocycles. The van der Waals surface area contributed by atoms with Crippen LogP contribution in [-0.4, -0.2) is 25.4 Å². The van der Waals surface area contributed by atoms with Gasteiger partial charge in [0.1, 0.15) is 4.83 Å². The molecule has 0 spiro atoms. The first-order chi connectivity index (χ1) is 7.75. The number of rotatable bonds is 2. The Morgan fingerprint density at radius 3 is 3.06 bits per heavy atom. The summed E-state index contributed by atoms with van der Waals surface area (Å²) in [5, 5.41) is 4.14. The maximum Gasteiger partial charge on any atom is 0.164 e. The van der Waals surface area contributed by atoms with Gasteiger partial charge in [-0.2, -0.15) is 5.10 Å². The Bertz CT molecular complexity index is 650. The summed E-state index contributed by atoms with van der Waals surface area (Å²) >= 11 is 1.52. The van der Waals surface area contributed by atoms with Crippen LogP contribution in [0.25, 0.3) is 15.4 Å². The highest BCUT2D eigenvalue weighted by Crippen LogP contribution is 2.28. The lowest BCUT2D eigenvalue weighted by Crippen LogP contribution is -1.87. The van der Waals surface area contributed by atoms with Crippen LogP contribution in [0.2, 0.25) is 0 Å². The number of thiazole rings is 1. The van der Waals surface area contributed by atoms with Gasteiger partial charge in [-0.05, 0) is 6.92 Å².